The summed E-state index contributed by atoms with van der Waals surface area (Å²) in [5, 5.41) is 5.72. The molecule has 0 bridgehead atoms. The fraction of sp³-hybridized carbons (Fsp3) is 0.280. The van der Waals surface area contributed by atoms with Gasteiger partial charge in [-0.15, -0.1) is 22.7 Å². The van der Waals surface area contributed by atoms with E-state index in [2.05, 4.69) is 15.3 Å². The molecule has 0 spiro atoms. The maximum atomic E-state index is 13.0. The Morgan fingerprint density at radius 2 is 1.94 bits per heavy atom. The van der Waals surface area contributed by atoms with Gasteiger partial charge in [0.25, 0.3) is 11.5 Å². The third-order valence-electron chi connectivity index (χ3n) is 6.10. The lowest BCUT2D eigenvalue weighted by atomic mass is 9.95. The number of fused-ring (bicyclic) bond motifs is 2. The zero-order valence-corrected chi connectivity index (χ0v) is 21.7. The van der Waals surface area contributed by atoms with Crippen molar-refractivity contribution in [3.63, 3.8) is 0 Å². The standard InChI is InChI=1S/C25H24N4O3S3/c1-12-7-9-14(10-8-12)16-11-33-23-19(16)22(32)28-25(29-23)34-13(2)21(31)27-24-18(20(26)30)15-5-3-4-6-17(15)35-24/h7-11,13H,3-6H2,1-2H3,(H2,26,30)(H,27,31)(H,28,29,32). The molecule has 5 rings (SSSR count). The molecular formula is C25H24N4O3S3. The Morgan fingerprint density at radius 3 is 2.69 bits per heavy atom. The first kappa shape index (κ1) is 23.8. The molecule has 2 amide bonds. The van der Waals surface area contributed by atoms with Crippen LogP contribution in [-0.4, -0.2) is 27.0 Å². The van der Waals surface area contributed by atoms with Gasteiger partial charge in [0.1, 0.15) is 9.83 Å². The predicted molar refractivity (Wildman–Crippen MR) is 144 cm³/mol. The van der Waals surface area contributed by atoms with E-state index in [9.17, 15) is 14.4 Å². The second-order valence-corrected chi connectivity index (χ2v) is 11.9. The van der Waals surface area contributed by atoms with Crippen LogP contribution < -0.4 is 16.6 Å². The number of H-pyrrole nitrogens is 1. The number of aromatic amines is 1. The van der Waals surface area contributed by atoms with E-state index < -0.39 is 11.2 Å². The summed E-state index contributed by atoms with van der Waals surface area (Å²) in [6.07, 6.45) is 3.79. The molecule has 1 unspecified atom stereocenters. The number of amides is 2. The van der Waals surface area contributed by atoms with Crippen LogP contribution in [-0.2, 0) is 17.6 Å². The lowest BCUT2D eigenvalue weighted by Gasteiger charge is -2.12. The van der Waals surface area contributed by atoms with Crippen LogP contribution in [0.1, 0.15) is 46.1 Å². The Balaban J connectivity index is 1.36. The molecule has 0 radical (unpaired) electrons. The lowest BCUT2D eigenvalue weighted by molar-refractivity contribution is -0.115. The molecule has 10 heteroatoms. The molecule has 35 heavy (non-hydrogen) atoms. The van der Waals surface area contributed by atoms with Gasteiger partial charge in [-0.25, -0.2) is 4.98 Å². The quantitative estimate of drug-likeness (QED) is 0.239. The molecule has 7 nitrogen and oxygen atoms in total. The van der Waals surface area contributed by atoms with Crippen LogP contribution in [0.25, 0.3) is 21.3 Å². The number of aryl methyl sites for hydroxylation is 2. The highest BCUT2D eigenvalue weighted by molar-refractivity contribution is 8.00. The summed E-state index contributed by atoms with van der Waals surface area (Å²) >= 11 is 4.01. The van der Waals surface area contributed by atoms with Crippen molar-refractivity contribution >= 4 is 61.5 Å². The van der Waals surface area contributed by atoms with Gasteiger partial charge in [-0.2, -0.15) is 0 Å². The fourth-order valence-electron chi connectivity index (χ4n) is 4.28. The number of thiophene rings is 2. The molecule has 1 aliphatic carbocycles. The minimum atomic E-state index is -0.549. The van der Waals surface area contributed by atoms with E-state index in [4.69, 9.17) is 5.73 Å². The van der Waals surface area contributed by atoms with Gasteiger partial charge in [-0.3, -0.25) is 14.4 Å². The SMILES string of the molecule is Cc1ccc(-c2csc3nc(SC(C)C(=O)Nc4sc5c(c4C(N)=O)CCCC5)[nH]c(=O)c23)cc1. The highest BCUT2D eigenvalue weighted by atomic mass is 32.2. The average Bonchev–Trinajstić information content (AvgIpc) is 3.41. The number of aromatic nitrogens is 2. The summed E-state index contributed by atoms with van der Waals surface area (Å²) in [6, 6.07) is 8.01. The normalized spacial score (nSPS) is 14.0. The van der Waals surface area contributed by atoms with Crippen molar-refractivity contribution in [1.29, 1.82) is 0 Å². The molecule has 3 heterocycles. The smallest absolute Gasteiger partial charge is 0.260 e. The van der Waals surface area contributed by atoms with Crippen LogP contribution in [0.3, 0.4) is 0 Å². The minimum Gasteiger partial charge on any atom is -0.365 e. The third-order valence-corrected chi connectivity index (χ3v) is 9.16. The van der Waals surface area contributed by atoms with Gasteiger partial charge < -0.3 is 16.0 Å². The molecular weight excluding hydrogens is 501 g/mol. The van der Waals surface area contributed by atoms with Crippen LogP contribution in [0.2, 0.25) is 0 Å². The van der Waals surface area contributed by atoms with Crippen molar-refractivity contribution in [2.45, 2.75) is 49.9 Å². The third kappa shape index (κ3) is 4.65. The summed E-state index contributed by atoms with van der Waals surface area (Å²) < 4.78 is 0. The first-order valence-electron chi connectivity index (χ1n) is 11.3. The number of nitrogens with zero attached hydrogens (tertiary/aromatic N) is 1. The minimum absolute atomic E-state index is 0.233. The van der Waals surface area contributed by atoms with Gasteiger partial charge in [0.15, 0.2) is 5.16 Å². The molecule has 0 saturated heterocycles. The van der Waals surface area contributed by atoms with Crippen LogP contribution in [0.15, 0.2) is 39.6 Å². The zero-order valence-electron chi connectivity index (χ0n) is 19.3. The predicted octanol–water partition coefficient (Wildman–Crippen LogP) is 5.12. The molecule has 1 aliphatic rings. The van der Waals surface area contributed by atoms with E-state index in [-0.39, 0.29) is 11.5 Å². The summed E-state index contributed by atoms with van der Waals surface area (Å²) in [4.78, 5) is 47.2. The number of primary amides is 1. The van der Waals surface area contributed by atoms with Crippen molar-refractivity contribution in [2.75, 3.05) is 5.32 Å². The van der Waals surface area contributed by atoms with Crippen LogP contribution in [0, 0.1) is 6.92 Å². The molecule has 0 fully saturated rings. The average molecular weight is 525 g/mol. The molecule has 4 aromatic rings. The molecule has 180 valence electrons. The molecule has 1 aromatic carbocycles. The van der Waals surface area contributed by atoms with Crippen molar-refractivity contribution in [2.24, 2.45) is 5.73 Å². The summed E-state index contributed by atoms with van der Waals surface area (Å²) in [5.74, 6) is -0.788. The van der Waals surface area contributed by atoms with Crippen LogP contribution in [0.5, 0.6) is 0 Å². The molecule has 4 N–H and O–H groups in total. The second-order valence-electron chi connectivity index (χ2n) is 8.60. The van der Waals surface area contributed by atoms with E-state index in [1.807, 2.05) is 36.6 Å². The molecule has 3 aromatic heterocycles. The van der Waals surface area contributed by atoms with Crippen molar-refractivity contribution in [1.82, 2.24) is 9.97 Å². The van der Waals surface area contributed by atoms with Gasteiger partial charge in [0, 0.05) is 15.8 Å². The molecule has 1 atom stereocenters. The van der Waals surface area contributed by atoms with Crippen molar-refractivity contribution in [3.05, 3.63) is 61.6 Å². The topological polar surface area (TPSA) is 118 Å². The molecule has 0 saturated carbocycles. The van der Waals surface area contributed by atoms with Crippen LogP contribution >= 0.6 is 34.4 Å². The number of hydrogen-bond donors (Lipinski definition) is 3. The number of thioether (sulfide) groups is 1. The van der Waals surface area contributed by atoms with Gasteiger partial charge >= 0.3 is 0 Å². The fourth-order valence-corrected chi connectivity index (χ4v) is 7.38. The van der Waals surface area contributed by atoms with E-state index in [1.165, 1.54) is 34.4 Å². The number of hydrogen-bond acceptors (Lipinski definition) is 7. The summed E-state index contributed by atoms with van der Waals surface area (Å²) in [5.41, 5.74) is 9.78. The van der Waals surface area contributed by atoms with Gasteiger partial charge in [-0.05, 0) is 50.7 Å². The van der Waals surface area contributed by atoms with E-state index in [0.717, 1.165) is 52.8 Å². The Bertz CT molecular complexity index is 1500. The maximum Gasteiger partial charge on any atom is 0.260 e. The van der Waals surface area contributed by atoms with Gasteiger partial charge in [-0.1, -0.05) is 41.6 Å². The highest BCUT2D eigenvalue weighted by Crippen LogP contribution is 2.38. The number of carbonyl (C=O) groups excluding carboxylic acids is 2. The van der Waals surface area contributed by atoms with Crippen molar-refractivity contribution in [3.8, 4) is 11.1 Å². The number of carbonyl (C=O) groups is 2. The van der Waals surface area contributed by atoms with Gasteiger partial charge in [0.05, 0.1) is 16.2 Å². The monoisotopic (exact) mass is 524 g/mol. The van der Waals surface area contributed by atoms with E-state index in [0.29, 0.717) is 25.9 Å². The Labute approximate surface area is 214 Å². The second kappa shape index (κ2) is 9.60. The Morgan fingerprint density at radius 1 is 1.20 bits per heavy atom. The summed E-state index contributed by atoms with van der Waals surface area (Å²) in [7, 11) is 0. The number of benzene rings is 1. The van der Waals surface area contributed by atoms with Crippen molar-refractivity contribution < 1.29 is 9.59 Å². The number of nitrogens with two attached hydrogens (primary N) is 1. The number of anilines is 1. The first-order chi connectivity index (χ1) is 16.8. The molecule has 0 aliphatic heterocycles. The number of rotatable bonds is 6. The van der Waals surface area contributed by atoms with E-state index in [1.54, 1.807) is 6.92 Å². The van der Waals surface area contributed by atoms with Gasteiger partial charge in [0.2, 0.25) is 5.91 Å². The van der Waals surface area contributed by atoms with Crippen LogP contribution in [0.4, 0.5) is 5.00 Å². The van der Waals surface area contributed by atoms with E-state index >= 15 is 0 Å². The zero-order chi connectivity index (χ0) is 24.7. The Kier molecular flexibility index (Phi) is 6.52. The Hall–Kier alpha value is -2.95. The summed E-state index contributed by atoms with van der Waals surface area (Å²) in [6.45, 7) is 3.76. The lowest BCUT2D eigenvalue weighted by Crippen LogP contribution is -2.24. The largest absolute Gasteiger partial charge is 0.365 e. The first-order valence-corrected chi connectivity index (χ1v) is 13.9. The highest BCUT2D eigenvalue weighted by Gasteiger charge is 2.26. The maximum absolute atomic E-state index is 13.0. The number of nitrogens with one attached hydrogen (secondary N) is 2.